The highest BCUT2D eigenvalue weighted by molar-refractivity contribution is 6.32. The van der Waals surface area contributed by atoms with E-state index in [1.807, 2.05) is 13.1 Å². The fraction of sp³-hybridized carbons (Fsp3) is 0.188. The van der Waals surface area contributed by atoms with Gasteiger partial charge in [-0.05, 0) is 30.7 Å². The Hall–Kier alpha value is -2.80. The maximum atomic E-state index is 11.7. The molecule has 24 heavy (non-hydrogen) atoms. The van der Waals surface area contributed by atoms with Gasteiger partial charge >= 0.3 is 11.9 Å². The molecular formula is C16H16ClN3O4. The summed E-state index contributed by atoms with van der Waals surface area (Å²) >= 11 is 6.27. The lowest BCUT2D eigenvalue weighted by Crippen LogP contribution is -2.15. The molecule has 0 bridgehead atoms. The van der Waals surface area contributed by atoms with Crippen LogP contribution in [0.1, 0.15) is 5.56 Å². The van der Waals surface area contributed by atoms with Crippen molar-refractivity contribution in [3.8, 4) is 5.69 Å². The summed E-state index contributed by atoms with van der Waals surface area (Å²) in [5.41, 5.74) is 2.13. The first-order valence-corrected chi connectivity index (χ1v) is 7.28. The molecule has 0 amide bonds. The molecule has 1 heterocycles. The number of carbonyl (C=O) groups excluding carboxylic acids is 2. The molecule has 0 saturated heterocycles. The quantitative estimate of drug-likeness (QED) is 0.659. The molecule has 2 rings (SSSR count). The van der Waals surface area contributed by atoms with Crippen LogP contribution in [0.15, 0.2) is 42.4 Å². The molecular weight excluding hydrogens is 334 g/mol. The molecule has 0 aliphatic rings. The molecule has 0 atom stereocenters. The van der Waals surface area contributed by atoms with Gasteiger partial charge in [-0.2, -0.15) is 5.10 Å². The van der Waals surface area contributed by atoms with E-state index in [4.69, 9.17) is 11.6 Å². The Morgan fingerprint density at radius 2 is 2.04 bits per heavy atom. The first kappa shape index (κ1) is 17.6. The first-order valence-electron chi connectivity index (χ1n) is 6.90. The number of hydrogen-bond donors (Lipinski definition) is 1. The van der Waals surface area contributed by atoms with Gasteiger partial charge < -0.3 is 14.8 Å². The Morgan fingerprint density at radius 1 is 1.29 bits per heavy atom. The Bertz CT molecular complexity index is 798. The molecule has 7 nitrogen and oxygen atoms in total. The Morgan fingerprint density at radius 3 is 2.58 bits per heavy atom. The number of ether oxygens (including phenoxy) is 2. The lowest BCUT2D eigenvalue weighted by molar-refractivity contribution is -0.138. The zero-order valence-corrected chi connectivity index (χ0v) is 14.1. The van der Waals surface area contributed by atoms with Crippen LogP contribution in [0, 0.1) is 6.92 Å². The summed E-state index contributed by atoms with van der Waals surface area (Å²) in [4.78, 5) is 23.1. The van der Waals surface area contributed by atoms with Crippen LogP contribution in [0.3, 0.4) is 0 Å². The van der Waals surface area contributed by atoms with Gasteiger partial charge in [0.2, 0.25) is 0 Å². The summed E-state index contributed by atoms with van der Waals surface area (Å²) in [6.45, 7) is 1.92. The van der Waals surface area contributed by atoms with Crippen LogP contribution >= 0.6 is 11.6 Å². The largest absolute Gasteiger partial charge is 0.466 e. The number of halogens is 1. The summed E-state index contributed by atoms with van der Waals surface area (Å²) in [6.07, 6.45) is 4.56. The van der Waals surface area contributed by atoms with Gasteiger partial charge in [0.25, 0.3) is 0 Å². The van der Waals surface area contributed by atoms with Crippen LogP contribution in [-0.2, 0) is 19.1 Å². The van der Waals surface area contributed by atoms with Crippen molar-refractivity contribution >= 4 is 29.2 Å². The number of carbonyl (C=O) groups is 2. The van der Waals surface area contributed by atoms with Gasteiger partial charge in [-0.15, -0.1) is 0 Å². The molecule has 2 aromatic rings. The average Bonchev–Trinajstić information content (AvgIpc) is 2.99. The molecule has 0 saturated carbocycles. The summed E-state index contributed by atoms with van der Waals surface area (Å²) in [5.74, 6) is -1.39. The summed E-state index contributed by atoms with van der Waals surface area (Å²) < 4.78 is 10.8. The van der Waals surface area contributed by atoms with Gasteiger partial charge in [-0.25, -0.2) is 14.3 Å². The van der Waals surface area contributed by atoms with Gasteiger partial charge in [0.15, 0.2) is 0 Å². The Kier molecular flexibility index (Phi) is 5.59. The van der Waals surface area contributed by atoms with Gasteiger partial charge in [0.1, 0.15) is 5.70 Å². The van der Waals surface area contributed by atoms with Crippen LogP contribution in [-0.4, -0.2) is 35.9 Å². The highest BCUT2D eigenvalue weighted by Gasteiger charge is 2.14. The van der Waals surface area contributed by atoms with E-state index in [0.29, 0.717) is 16.4 Å². The van der Waals surface area contributed by atoms with Gasteiger partial charge in [0, 0.05) is 11.9 Å². The molecule has 0 fully saturated rings. The van der Waals surface area contributed by atoms with Crippen LogP contribution in [0.5, 0.6) is 0 Å². The fourth-order valence-electron chi connectivity index (χ4n) is 1.90. The molecule has 0 unspecified atom stereocenters. The molecule has 1 aromatic carbocycles. The Balaban J connectivity index is 2.28. The van der Waals surface area contributed by atoms with E-state index < -0.39 is 11.9 Å². The number of benzene rings is 1. The van der Waals surface area contributed by atoms with Crippen molar-refractivity contribution in [2.75, 3.05) is 19.5 Å². The molecule has 1 N–H and O–H groups in total. The lowest BCUT2D eigenvalue weighted by Gasteiger charge is -2.11. The number of aryl methyl sites for hydroxylation is 1. The Labute approximate surface area is 143 Å². The van der Waals surface area contributed by atoms with Crippen molar-refractivity contribution in [2.24, 2.45) is 0 Å². The van der Waals surface area contributed by atoms with E-state index in [1.54, 1.807) is 29.1 Å². The van der Waals surface area contributed by atoms with Crippen LogP contribution in [0.2, 0.25) is 5.02 Å². The minimum absolute atomic E-state index is 0.0666. The van der Waals surface area contributed by atoms with E-state index in [-0.39, 0.29) is 5.70 Å². The number of hydrogen-bond acceptors (Lipinski definition) is 6. The third kappa shape index (κ3) is 4.14. The van der Waals surface area contributed by atoms with Crippen LogP contribution < -0.4 is 5.32 Å². The number of aromatic nitrogens is 2. The van der Waals surface area contributed by atoms with Crippen LogP contribution in [0.4, 0.5) is 5.69 Å². The van der Waals surface area contributed by atoms with Crippen molar-refractivity contribution in [2.45, 2.75) is 6.92 Å². The average molecular weight is 350 g/mol. The second-order valence-corrected chi connectivity index (χ2v) is 5.23. The molecule has 0 radical (unpaired) electrons. The van der Waals surface area contributed by atoms with E-state index in [1.165, 1.54) is 14.2 Å². The zero-order chi connectivity index (χ0) is 17.7. The standard InChI is InChI=1S/C16H16ClN3O4/c1-10-8-18-20(9-10)14-5-4-11(6-12(14)17)19-13(16(22)24-3)7-15(21)23-2/h4-9,19H,1-3H3/b13-7+. The van der Waals surface area contributed by atoms with Crippen molar-refractivity contribution in [3.63, 3.8) is 0 Å². The number of nitrogens with one attached hydrogen (secondary N) is 1. The second kappa shape index (κ2) is 7.65. The highest BCUT2D eigenvalue weighted by atomic mass is 35.5. The van der Waals surface area contributed by atoms with Crippen molar-refractivity contribution in [3.05, 3.63) is 53.0 Å². The fourth-order valence-corrected chi connectivity index (χ4v) is 2.17. The maximum absolute atomic E-state index is 11.7. The SMILES string of the molecule is COC(=O)/C=C(/Nc1ccc(-n2cc(C)cn2)c(Cl)c1)C(=O)OC. The molecule has 0 spiro atoms. The van der Waals surface area contributed by atoms with Crippen LogP contribution in [0.25, 0.3) is 5.69 Å². The van der Waals surface area contributed by atoms with E-state index in [9.17, 15) is 9.59 Å². The molecule has 8 heteroatoms. The first-order chi connectivity index (χ1) is 11.4. The lowest BCUT2D eigenvalue weighted by atomic mass is 10.2. The monoisotopic (exact) mass is 349 g/mol. The number of methoxy groups -OCH3 is 2. The summed E-state index contributed by atoms with van der Waals surface area (Å²) in [6, 6.07) is 5.05. The third-order valence-electron chi connectivity index (χ3n) is 3.05. The van der Waals surface area contributed by atoms with Gasteiger partial charge in [-0.3, -0.25) is 0 Å². The molecule has 126 valence electrons. The van der Waals surface area contributed by atoms with E-state index in [0.717, 1.165) is 11.6 Å². The van der Waals surface area contributed by atoms with E-state index in [2.05, 4.69) is 19.9 Å². The van der Waals surface area contributed by atoms with Crippen molar-refractivity contribution < 1.29 is 19.1 Å². The minimum atomic E-state index is -0.705. The molecule has 0 aliphatic carbocycles. The number of esters is 2. The maximum Gasteiger partial charge on any atom is 0.354 e. The predicted octanol–water partition coefficient (Wildman–Crippen LogP) is 2.48. The normalized spacial score (nSPS) is 11.1. The summed E-state index contributed by atoms with van der Waals surface area (Å²) in [5, 5.41) is 7.41. The highest BCUT2D eigenvalue weighted by Crippen LogP contribution is 2.25. The third-order valence-corrected chi connectivity index (χ3v) is 3.36. The molecule has 1 aromatic heterocycles. The minimum Gasteiger partial charge on any atom is -0.466 e. The smallest absolute Gasteiger partial charge is 0.354 e. The predicted molar refractivity (Wildman–Crippen MR) is 89.0 cm³/mol. The van der Waals surface area contributed by atoms with Gasteiger partial charge in [0.05, 0.1) is 37.2 Å². The molecule has 0 aliphatic heterocycles. The number of anilines is 1. The van der Waals surface area contributed by atoms with Crippen molar-refractivity contribution in [1.82, 2.24) is 9.78 Å². The van der Waals surface area contributed by atoms with Crippen molar-refractivity contribution in [1.29, 1.82) is 0 Å². The zero-order valence-electron chi connectivity index (χ0n) is 13.4. The van der Waals surface area contributed by atoms with E-state index >= 15 is 0 Å². The number of rotatable bonds is 5. The number of nitrogens with zero attached hydrogens (tertiary/aromatic N) is 2. The summed E-state index contributed by atoms with van der Waals surface area (Å²) in [7, 11) is 2.43. The topological polar surface area (TPSA) is 82.5 Å². The van der Waals surface area contributed by atoms with Gasteiger partial charge in [-0.1, -0.05) is 11.6 Å². The second-order valence-electron chi connectivity index (χ2n) is 4.83.